The summed E-state index contributed by atoms with van der Waals surface area (Å²) in [6.07, 6.45) is 1.62. The van der Waals surface area contributed by atoms with E-state index in [9.17, 15) is 9.59 Å². The first-order valence-corrected chi connectivity index (χ1v) is 11.6. The third kappa shape index (κ3) is 5.16. The van der Waals surface area contributed by atoms with Gasteiger partial charge in [-0.15, -0.1) is 0 Å². The van der Waals surface area contributed by atoms with Gasteiger partial charge in [0.1, 0.15) is 0 Å². The molecule has 0 spiro atoms. The van der Waals surface area contributed by atoms with Crippen LogP contribution in [-0.2, 0) is 4.74 Å². The number of likely N-dealkylation sites (N-methyl/N-ethyl adjacent to an activating group) is 1. The van der Waals surface area contributed by atoms with Crippen LogP contribution in [0.2, 0.25) is 0 Å². The van der Waals surface area contributed by atoms with Crippen LogP contribution in [0.15, 0.2) is 42.6 Å². The molecular formula is C24H32N6O3. The molecule has 2 aliphatic heterocycles. The highest BCUT2D eigenvalue weighted by atomic mass is 16.5. The standard InChI is InChI=1S/C24H32N6O3/c1-3-28(4-2)16-18-17-33-15-14-29(18)13-12-26-24(32)30-21-10-6-5-8-19(21)23(31)27-20-9-7-11-25-22(20)30/h5-11,18H,3-4,12-17H2,1-2H3,(H,26,32)(H,27,31). The molecule has 1 aromatic heterocycles. The summed E-state index contributed by atoms with van der Waals surface area (Å²) in [5.74, 6) is 0.141. The van der Waals surface area contributed by atoms with Crippen LogP contribution < -0.4 is 15.5 Å². The molecule has 1 unspecified atom stereocenters. The number of urea groups is 1. The van der Waals surface area contributed by atoms with Gasteiger partial charge in [-0.1, -0.05) is 26.0 Å². The molecular weight excluding hydrogens is 420 g/mol. The van der Waals surface area contributed by atoms with Gasteiger partial charge in [-0.25, -0.2) is 14.7 Å². The van der Waals surface area contributed by atoms with Crippen molar-refractivity contribution in [2.24, 2.45) is 0 Å². The van der Waals surface area contributed by atoms with Crippen molar-refractivity contribution in [3.8, 4) is 0 Å². The van der Waals surface area contributed by atoms with Gasteiger partial charge in [0.2, 0.25) is 0 Å². The maximum absolute atomic E-state index is 13.4. The van der Waals surface area contributed by atoms with Crippen LogP contribution in [0.3, 0.4) is 0 Å². The number of anilines is 3. The number of carbonyl (C=O) groups excluding carboxylic acids is 2. The van der Waals surface area contributed by atoms with E-state index in [-0.39, 0.29) is 11.9 Å². The lowest BCUT2D eigenvalue weighted by Gasteiger charge is -2.38. The minimum atomic E-state index is -0.313. The Bertz CT molecular complexity index is 980. The van der Waals surface area contributed by atoms with Crippen molar-refractivity contribution in [2.45, 2.75) is 19.9 Å². The smallest absolute Gasteiger partial charge is 0.327 e. The summed E-state index contributed by atoms with van der Waals surface area (Å²) in [4.78, 5) is 36.7. The summed E-state index contributed by atoms with van der Waals surface area (Å²) in [6.45, 7) is 10.8. The average Bonchev–Trinajstić information content (AvgIpc) is 2.97. The fourth-order valence-corrected chi connectivity index (χ4v) is 4.36. The van der Waals surface area contributed by atoms with Gasteiger partial charge in [-0.3, -0.25) is 9.69 Å². The molecule has 1 aromatic carbocycles. The molecule has 1 atom stereocenters. The molecule has 0 aliphatic carbocycles. The number of para-hydroxylation sites is 1. The van der Waals surface area contributed by atoms with E-state index >= 15 is 0 Å². The number of hydrogen-bond donors (Lipinski definition) is 2. The second-order valence-corrected chi connectivity index (χ2v) is 8.16. The van der Waals surface area contributed by atoms with Gasteiger partial charge in [0, 0.05) is 38.4 Å². The van der Waals surface area contributed by atoms with Crippen molar-refractivity contribution in [3.63, 3.8) is 0 Å². The lowest BCUT2D eigenvalue weighted by Crippen LogP contribution is -2.53. The van der Waals surface area contributed by atoms with Gasteiger partial charge in [0.25, 0.3) is 5.91 Å². The second kappa shape index (κ2) is 10.7. The van der Waals surface area contributed by atoms with Crippen molar-refractivity contribution in [1.29, 1.82) is 0 Å². The van der Waals surface area contributed by atoms with E-state index in [0.717, 1.165) is 32.7 Å². The Balaban J connectivity index is 1.47. The van der Waals surface area contributed by atoms with E-state index in [1.807, 2.05) is 6.07 Å². The van der Waals surface area contributed by atoms with E-state index in [2.05, 4.69) is 39.3 Å². The maximum atomic E-state index is 13.4. The number of nitrogens with one attached hydrogen (secondary N) is 2. The lowest BCUT2D eigenvalue weighted by atomic mass is 10.1. The molecule has 2 aliphatic rings. The second-order valence-electron chi connectivity index (χ2n) is 8.16. The molecule has 4 rings (SSSR count). The van der Waals surface area contributed by atoms with Crippen LogP contribution in [0.4, 0.5) is 22.0 Å². The molecule has 1 fully saturated rings. The SMILES string of the molecule is CCN(CC)CC1COCCN1CCNC(=O)N1c2ccccc2C(=O)Nc2cccnc21. The third-order valence-corrected chi connectivity index (χ3v) is 6.23. The van der Waals surface area contributed by atoms with E-state index in [1.165, 1.54) is 4.90 Å². The predicted octanol–water partition coefficient (Wildman–Crippen LogP) is 2.54. The van der Waals surface area contributed by atoms with Gasteiger partial charge in [-0.2, -0.15) is 0 Å². The van der Waals surface area contributed by atoms with Crippen molar-refractivity contribution >= 4 is 29.1 Å². The average molecular weight is 453 g/mol. The quantitative estimate of drug-likeness (QED) is 0.671. The minimum Gasteiger partial charge on any atom is -0.378 e. The molecule has 9 heteroatoms. The van der Waals surface area contributed by atoms with Crippen molar-refractivity contribution in [2.75, 3.05) is 62.7 Å². The fourth-order valence-electron chi connectivity index (χ4n) is 4.36. The van der Waals surface area contributed by atoms with Gasteiger partial charge in [0.05, 0.1) is 30.2 Å². The summed E-state index contributed by atoms with van der Waals surface area (Å²) in [5.41, 5.74) is 1.44. The number of fused-ring (bicyclic) bond motifs is 2. The Hall–Kier alpha value is -3.01. The third-order valence-electron chi connectivity index (χ3n) is 6.23. The first-order valence-electron chi connectivity index (χ1n) is 11.6. The van der Waals surface area contributed by atoms with E-state index in [0.29, 0.717) is 48.6 Å². The van der Waals surface area contributed by atoms with Crippen LogP contribution in [0.25, 0.3) is 0 Å². The zero-order valence-corrected chi connectivity index (χ0v) is 19.3. The van der Waals surface area contributed by atoms with Crippen LogP contribution in [0, 0.1) is 0 Å². The van der Waals surface area contributed by atoms with Crippen molar-refractivity contribution < 1.29 is 14.3 Å². The first-order chi connectivity index (χ1) is 16.1. The Morgan fingerprint density at radius 2 is 2.06 bits per heavy atom. The highest BCUT2D eigenvalue weighted by Crippen LogP contribution is 2.35. The van der Waals surface area contributed by atoms with Gasteiger partial charge in [-0.05, 0) is 37.4 Å². The van der Waals surface area contributed by atoms with Gasteiger partial charge in [0.15, 0.2) is 5.82 Å². The minimum absolute atomic E-state index is 0.261. The summed E-state index contributed by atoms with van der Waals surface area (Å²) in [6, 6.07) is 10.5. The van der Waals surface area contributed by atoms with E-state index < -0.39 is 0 Å². The molecule has 0 bridgehead atoms. The number of aromatic nitrogens is 1. The van der Waals surface area contributed by atoms with Gasteiger partial charge < -0.3 is 20.3 Å². The zero-order chi connectivity index (χ0) is 23.2. The Morgan fingerprint density at radius 1 is 1.24 bits per heavy atom. The molecule has 0 saturated carbocycles. The molecule has 2 aromatic rings. The number of pyridine rings is 1. The summed E-state index contributed by atoms with van der Waals surface area (Å²) < 4.78 is 5.72. The number of carbonyl (C=O) groups is 2. The highest BCUT2D eigenvalue weighted by Gasteiger charge is 2.30. The largest absolute Gasteiger partial charge is 0.378 e. The number of benzene rings is 1. The fraction of sp³-hybridized carbons (Fsp3) is 0.458. The van der Waals surface area contributed by atoms with E-state index in [1.54, 1.807) is 36.5 Å². The number of morpholine rings is 1. The monoisotopic (exact) mass is 452 g/mol. The maximum Gasteiger partial charge on any atom is 0.327 e. The lowest BCUT2D eigenvalue weighted by molar-refractivity contribution is -0.0180. The molecule has 3 heterocycles. The molecule has 9 nitrogen and oxygen atoms in total. The molecule has 176 valence electrons. The molecule has 2 N–H and O–H groups in total. The summed E-state index contributed by atoms with van der Waals surface area (Å²) in [5, 5.41) is 5.89. The van der Waals surface area contributed by atoms with Crippen LogP contribution in [-0.4, -0.2) is 85.2 Å². The topological polar surface area (TPSA) is 90.0 Å². The number of ether oxygens (including phenoxy) is 1. The molecule has 3 amide bonds. The summed E-state index contributed by atoms with van der Waals surface area (Å²) in [7, 11) is 0. The highest BCUT2D eigenvalue weighted by molar-refractivity contribution is 6.16. The number of rotatable bonds is 7. The van der Waals surface area contributed by atoms with Crippen molar-refractivity contribution in [1.82, 2.24) is 20.1 Å². The molecule has 33 heavy (non-hydrogen) atoms. The zero-order valence-electron chi connectivity index (χ0n) is 19.3. The normalized spacial score (nSPS) is 18.3. The van der Waals surface area contributed by atoms with Crippen LogP contribution in [0.1, 0.15) is 24.2 Å². The van der Waals surface area contributed by atoms with Crippen molar-refractivity contribution in [3.05, 3.63) is 48.2 Å². The Kier molecular flexibility index (Phi) is 7.54. The number of nitrogens with zero attached hydrogens (tertiary/aromatic N) is 4. The molecule has 0 radical (unpaired) electrons. The van der Waals surface area contributed by atoms with Crippen LogP contribution >= 0.6 is 0 Å². The molecule has 1 saturated heterocycles. The van der Waals surface area contributed by atoms with Crippen LogP contribution in [0.5, 0.6) is 0 Å². The Morgan fingerprint density at radius 3 is 2.88 bits per heavy atom. The number of amides is 3. The van der Waals surface area contributed by atoms with E-state index in [4.69, 9.17) is 4.74 Å². The Labute approximate surface area is 194 Å². The predicted molar refractivity (Wildman–Crippen MR) is 128 cm³/mol. The summed E-state index contributed by atoms with van der Waals surface area (Å²) >= 11 is 0. The number of hydrogen-bond acceptors (Lipinski definition) is 6. The van der Waals surface area contributed by atoms with Gasteiger partial charge >= 0.3 is 6.03 Å². The first kappa shape index (κ1) is 23.2.